The van der Waals surface area contributed by atoms with Gasteiger partial charge in [-0.1, -0.05) is 66.7 Å². The molecular formula is C17H16O. The normalized spacial score (nSPS) is 21.6. The number of aliphatic hydroxyl groups is 1. The van der Waals surface area contributed by atoms with Gasteiger partial charge in [-0.2, -0.15) is 0 Å². The number of allylic oxidation sites excluding steroid dienone is 1. The molecule has 90 valence electrons. The van der Waals surface area contributed by atoms with Gasteiger partial charge in [0.25, 0.3) is 0 Å². The van der Waals surface area contributed by atoms with Crippen molar-refractivity contribution < 1.29 is 5.11 Å². The minimum atomic E-state index is -0.285. The van der Waals surface area contributed by atoms with Crippen molar-refractivity contribution in [2.75, 3.05) is 6.61 Å². The van der Waals surface area contributed by atoms with E-state index in [1.165, 1.54) is 16.7 Å². The Morgan fingerprint density at radius 3 is 2.44 bits per heavy atom. The average molecular weight is 236 g/mol. The highest BCUT2D eigenvalue weighted by Gasteiger charge is 2.35. The lowest BCUT2D eigenvalue weighted by atomic mass is 9.69. The summed E-state index contributed by atoms with van der Waals surface area (Å²) in [5.41, 5.74) is 3.33. The summed E-state index contributed by atoms with van der Waals surface area (Å²) in [6.07, 6.45) is 5.16. The first-order valence-electron chi connectivity index (χ1n) is 6.29. The van der Waals surface area contributed by atoms with Gasteiger partial charge in [-0.25, -0.2) is 0 Å². The Bertz CT molecular complexity index is 571. The van der Waals surface area contributed by atoms with Crippen molar-refractivity contribution >= 4 is 6.08 Å². The van der Waals surface area contributed by atoms with Crippen LogP contribution in [-0.2, 0) is 5.41 Å². The Balaban J connectivity index is 2.22. The standard InChI is InChI=1S/C17H16O/c18-13-17(15-9-2-1-3-10-15)12-6-8-14-7-4-5-11-16(14)17/h1-11,18H,12-13H2. The van der Waals surface area contributed by atoms with E-state index < -0.39 is 0 Å². The third-order valence-corrected chi connectivity index (χ3v) is 3.84. The molecule has 1 unspecified atom stereocenters. The van der Waals surface area contributed by atoms with Gasteiger partial charge in [0, 0.05) is 5.41 Å². The highest BCUT2D eigenvalue weighted by atomic mass is 16.3. The van der Waals surface area contributed by atoms with Gasteiger partial charge in [0.1, 0.15) is 0 Å². The lowest BCUT2D eigenvalue weighted by molar-refractivity contribution is 0.219. The third kappa shape index (κ3) is 1.59. The van der Waals surface area contributed by atoms with Crippen LogP contribution < -0.4 is 0 Å². The predicted octanol–water partition coefficient (Wildman–Crippen LogP) is 3.38. The van der Waals surface area contributed by atoms with E-state index in [0.29, 0.717) is 0 Å². The topological polar surface area (TPSA) is 20.2 Å². The average Bonchev–Trinajstić information content (AvgIpc) is 2.47. The molecule has 1 nitrogen and oxygen atoms in total. The summed E-state index contributed by atoms with van der Waals surface area (Å²) >= 11 is 0. The maximum Gasteiger partial charge on any atom is 0.0571 e. The fraction of sp³-hybridized carbons (Fsp3) is 0.176. The zero-order valence-electron chi connectivity index (χ0n) is 10.2. The Morgan fingerprint density at radius 2 is 1.67 bits per heavy atom. The maximum absolute atomic E-state index is 10.0. The number of rotatable bonds is 2. The summed E-state index contributed by atoms with van der Waals surface area (Å²) < 4.78 is 0. The molecule has 1 N–H and O–H groups in total. The lowest BCUT2D eigenvalue weighted by Crippen LogP contribution is -2.33. The molecule has 0 radical (unpaired) electrons. The summed E-state index contributed by atoms with van der Waals surface area (Å²) in [4.78, 5) is 0. The summed E-state index contributed by atoms with van der Waals surface area (Å²) in [7, 11) is 0. The van der Waals surface area contributed by atoms with E-state index in [4.69, 9.17) is 0 Å². The molecule has 0 saturated heterocycles. The largest absolute Gasteiger partial charge is 0.395 e. The number of hydrogen-bond acceptors (Lipinski definition) is 1. The number of aliphatic hydroxyl groups excluding tert-OH is 1. The van der Waals surface area contributed by atoms with Crippen LogP contribution in [0.3, 0.4) is 0 Å². The van der Waals surface area contributed by atoms with Gasteiger partial charge >= 0.3 is 0 Å². The van der Waals surface area contributed by atoms with Crippen LogP contribution in [0.15, 0.2) is 60.7 Å². The lowest BCUT2D eigenvalue weighted by Gasteiger charge is -2.35. The molecule has 0 heterocycles. The summed E-state index contributed by atoms with van der Waals surface area (Å²) in [5, 5.41) is 10.0. The number of benzene rings is 2. The van der Waals surface area contributed by atoms with Crippen LogP contribution in [0.2, 0.25) is 0 Å². The first-order chi connectivity index (χ1) is 8.87. The zero-order chi connectivity index (χ0) is 12.4. The molecule has 2 aromatic rings. The molecule has 1 atom stereocenters. The molecule has 0 aliphatic heterocycles. The van der Waals surface area contributed by atoms with Gasteiger partial charge in [-0.15, -0.1) is 0 Å². The van der Waals surface area contributed by atoms with E-state index in [1.54, 1.807) is 0 Å². The summed E-state index contributed by atoms with van der Waals surface area (Å²) in [6, 6.07) is 18.6. The van der Waals surface area contributed by atoms with Gasteiger partial charge in [0.2, 0.25) is 0 Å². The second-order valence-electron chi connectivity index (χ2n) is 4.80. The fourth-order valence-electron chi connectivity index (χ4n) is 2.85. The van der Waals surface area contributed by atoms with Crippen molar-refractivity contribution in [1.82, 2.24) is 0 Å². The highest BCUT2D eigenvalue weighted by molar-refractivity contribution is 5.62. The molecule has 0 bridgehead atoms. The first-order valence-corrected chi connectivity index (χ1v) is 6.29. The van der Waals surface area contributed by atoms with Crippen LogP contribution >= 0.6 is 0 Å². The highest BCUT2D eigenvalue weighted by Crippen LogP contribution is 2.40. The molecule has 3 rings (SSSR count). The van der Waals surface area contributed by atoms with Crippen molar-refractivity contribution in [1.29, 1.82) is 0 Å². The smallest absolute Gasteiger partial charge is 0.0571 e. The molecule has 1 aliphatic carbocycles. The molecule has 2 aromatic carbocycles. The number of fused-ring (bicyclic) bond motifs is 1. The second kappa shape index (κ2) is 4.43. The minimum absolute atomic E-state index is 0.137. The van der Waals surface area contributed by atoms with E-state index in [0.717, 1.165) is 6.42 Å². The molecule has 0 amide bonds. The summed E-state index contributed by atoms with van der Waals surface area (Å²) in [5.74, 6) is 0. The van der Waals surface area contributed by atoms with Crippen LogP contribution in [0.1, 0.15) is 23.1 Å². The van der Waals surface area contributed by atoms with Crippen LogP contribution in [0, 0.1) is 0 Å². The molecule has 0 saturated carbocycles. The van der Waals surface area contributed by atoms with Crippen molar-refractivity contribution in [2.24, 2.45) is 0 Å². The van der Waals surface area contributed by atoms with Gasteiger partial charge in [0.05, 0.1) is 6.61 Å². The monoisotopic (exact) mass is 236 g/mol. The van der Waals surface area contributed by atoms with Crippen molar-refractivity contribution in [3.8, 4) is 0 Å². The first kappa shape index (κ1) is 11.2. The van der Waals surface area contributed by atoms with Crippen LogP contribution in [0.25, 0.3) is 6.08 Å². The Kier molecular flexibility index (Phi) is 2.77. The molecule has 1 heteroatoms. The van der Waals surface area contributed by atoms with Crippen LogP contribution in [-0.4, -0.2) is 11.7 Å². The van der Waals surface area contributed by atoms with Crippen LogP contribution in [0.4, 0.5) is 0 Å². The van der Waals surface area contributed by atoms with E-state index in [9.17, 15) is 5.11 Å². The second-order valence-corrected chi connectivity index (χ2v) is 4.80. The Hall–Kier alpha value is -1.86. The maximum atomic E-state index is 10.0. The molecule has 18 heavy (non-hydrogen) atoms. The van der Waals surface area contributed by atoms with Crippen LogP contribution in [0.5, 0.6) is 0 Å². The predicted molar refractivity (Wildman–Crippen MR) is 74.4 cm³/mol. The minimum Gasteiger partial charge on any atom is -0.395 e. The Morgan fingerprint density at radius 1 is 0.944 bits per heavy atom. The third-order valence-electron chi connectivity index (χ3n) is 3.84. The molecule has 0 spiro atoms. The van der Waals surface area contributed by atoms with Gasteiger partial charge in [0.15, 0.2) is 0 Å². The van der Waals surface area contributed by atoms with Gasteiger partial charge in [-0.05, 0) is 23.1 Å². The van der Waals surface area contributed by atoms with Gasteiger partial charge in [-0.3, -0.25) is 0 Å². The molecule has 1 aliphatic rings. The van der Waals surface area contributed by atoms with Crippen molar-refractivity contribution in [2.45, 2.75) is 11.8 Å². The molecular weight excluding hydrogens is 220 g/mol. The Labute approximate surface area is 107 Å². The van der Waals surface area contributed by atoms with E-state index in [-0.39, 0.29) is 12.0 Å². The van der Waals surface area contributed by atoms with Crippen molar-refractivity contribution in [3.63, 3.8) is 0 Å². The van der Waals surface area contributed by atoms with E-state index >= 15 is 0 Å². The SMILES string of the molecule is OCC1(c2ccccc2)CC=Cc2ccccc21. The van der Waals surface area contributed by atoms with Crippen molar-refractivity contribution in [3.05, 3.63) is 77.4 Å². The molecule has 0 aromatic heterocycles. The van der Waals surface area contributed by atoms with Gasteiger partial charge < -0.3 is 5.11 Å². The molecule has 0 fully saturated rings. The fourth-order valence-corrected chi connectivity index (χ4v) is 2.85. The summed E-state index contributed by atoms with van der Waals surface area (Å²) in [6.45, 7) is 0.137. The van der Waals surface area contributed by atoms with E-state index in [2.05, 4.69) is 36.4 Å². The number of hydrogen-bond donors (Lipinski definition) is 1. The van der Waals surface area contributed by atoms with E-state index in [1.807, 2.05) is 30.3 Å². The zero-order valence-corrected chi connectivity index (χ0v) is 10.2. The quantitative estimate of drug-likeness (QED) is 0.847.